The first kappa shape index (κ1) is 23.4. The molecule has 10 nitrogen and oxygen atoms in total. The summed E-state index contributed by atoms with van der Waals surface area (Å²) in [5, 5.41) is 9.64. The minimum absolute atomic E-state index is 0.0126. The fourth-order valence-corrected chi connectivity index (χ4v) is 5.20. The summed E-state index contributed by atoms with van der Waals surface area (Å²) in [6.07, 6.45) is 4.48. The molecule has 33 heavy (non-hydrogen) atoms. The fraction of sp³-hybridized carbons (Fsp3) is 0.333. The van der Waals surface area contributed by atoms with Crippen molar-refractivity contribution in [2.75, 3.05) is 25.6 Å². The third kappa shape index (κ3) is 5.78. The molecule has 1 aliphatic carbocycles. The number of allylic oxidation sites excluding steroid dienone is 2. The van der Waals surface area contributed by atoms with Crippen LogP contribution < -0.4 is 10.6 Å². The van der Waals surface area contributed by atoms with Crippen LogP contribution in [0.2, 0.25) is 0 Å². The van der Waals surface area contributed by atoms with Crippen LogP contribution in [0.5, 0.6) is 0 Å². The Bertz CT molecular complexity index is 1090. The van der Waals surface area contributed by atoms with Gasteiger partial charge in [0, 0.05) is 41.4 Å². The van der Waals surface area contributed by atoms with Crippen LogP contribution in [0.25, 0.3) is 0 Å². The lowest BCUT2D eigenvalue weighted by Crippen LogP contribution is -2.25. The van der Waals surface area contributed by atoms with E-state index in [1.807, 2.05) is 0 Å². The molecule has 4 rings (SSSR count). The molecular formula is C21H24N4O6S2. The van der Waals surface area contributed by atoms with Crippen molar-refractivity contribution in [2.45, 2.75) is 30.3 Å². The quantitative estimate of drug-likeness (QED) is 0.311. The van der Waals surface area contributed by atoms with Crippen LogP contribution in [0.3, 0.4) is 0 Å². The number of amides is 2. The standard InChI is InChI=1S/C21H24N4O6S2/c1-22-18(26)10-15-11-23-21(32-15)24-20(27)19(25-31-14-8-9-30-12-14)13-2-4-16(5-3-13)33(28,29)17-6-7-17/h2-6,11,14,28-29H,7-10,12H2,1H3,(H,22,26)(H,23,24,27)/t14-/m1/s1. The molecule has 1 aliphatic heterocycles. The van der Waals surface area contributed by atoms with Crippen LogP contribution in [0.1, 0.15) is 23.3 Å². The SMILES string of the molecule is CNC(=O)Cc1cnc(NC(=O)C(=NO[C@@H]2CCOC2)c2ccc(S(O)(O)C3=CC3)cc2)s1. The fourth-order valence-electron chi connectivity index (χ4n) is 3.03. The summed E-state index contributed by atoms with van der Waals surface area (Å²) in [6, 6.07) is 6.32. The van der Waals surface area contributed by atoms with Crippen molar-refractivity contribution >= 4 is 44.6 Å². The molecule has 2 amide bonds. The zero-order chi connectivity index (χ0) is 23.4. The molecule has 1 atom stereocenters. The highest BCUT2D eigenvalue weighted by Gasteiger charge is 2.28. The van der Waals surface area contributed by atoms with Gasteiger partial charge in [0.15, 0.2) is 16.9 Å². The third-order valence-corrected chi connectivity index (χ3v) is 7.88. The van der Waals surface area contributed by atoms with Gasteiger partial charge in [0.05, 0.1) is 24.5 Å². The number of nitrogens with zero attached hydrogens (tertiary/aromatic N) is 2. The molecule has 12 heteroatoms. The average molecular weight is 493 g/mol. The van der Waals surface area contributed by atoms with Crippen molar-refractivity contribution in [3.63, 3.8) is 0 Å². The summed E-state index contributed by atoms with van der Waals surface area (Å²) in [4.78, 5) is 36.0. The maximum atomic E-state index is 13.0. The Kier molecular flexibility index (Phi) is 7.10. The van der Waals surface area contributed by atoms with Crippen LogP contribution in [0.4, 0.5) is 5.13 Å². The van der Waals surface area contributed by atoms with E-state index < -0.39 is 16.5 Å². The normalized spacial score (nSPS) is 18.5. The highest BCUT2D eigenvalue weighted by molar-refractivity contribution is 8.27. The molecule has 2 heterocycles. The Morgan fingerprint density at radius 1 is 1.33 bits per heavy atom. The Morgan fingerprint density at radius 2 is 2.09 bits per heavy atom. The van der Waals surface area contributed by atoms with Gasteiger partial charge < -0.3 is 14.9 Å². The summed E-state index contributed by atoms with van der Waals surface area (Å²) in [7, 11) is -1.43. The number of carbonyl (C=O) groups is 2. The lowest BCUT2D eigenvalue weighted by atomic mass is 10.1. The molecule has 4 N–H and O–H groups in total. The molecule has 1 fully saturated rings. The number of thiazole rings is 1. The summed E-state index contributed by atoms with van der Waals surface area (Å²) >= 11 is 1.19. The van der Waals surface area contributed by atoms with Crippen LogP contribution in [-0.2, 0) is 25.6 Å². The predicted molar refractivity (Wildman–Crippen MR) is 126 cm³/mol. The van der Waals surface area contributed by atoms with Crippen molar-refractivity contribution in [2.24, 2.45) is 5.16 Å². The number of ether oxygens (including phenoxy) is 1. The van der Waals surface area contributed by atoms with Gasteiger partial charge in [-0.25, -0.2) is 4.98 Å². The lowest BCUT2D eigenvalue weighted by Gasteiger charge is -2.30. The van der Waals surface area contributed by atoms with Crippen LogP contribution >= 0.6 is 21.9 Å². The van der Waals surface area contributed by atoms with Gasteiger partial charge in [0.1, 0.15) is 0 Å². The van der Waals surface area contributed by atoms with Crippen molar-refractivity contribution < 1.29 is 28.3 Å². The van der Waals surface area contributed by atoms with Crippen LogP contribution in [-0.4, -0.2) is 58.0 Å². The van der Waals surface area contributed by atoms with E-state index in [0.29, 0.717) is 51.4 Å². The molecule has 0 spiro atoms. The van der Waals surface area contributed by atoms with E-state index in [1.165, 1.54) is 17.5 Å². The first-order valence-electron chi connectivity index (χ1n) is 10.2. The maximum Gasteiger partial charge on any atom is 0.280 e. The molecule has 1 aromatic heterocycles. The number of benzene rings is 1. The summed E-state index contributed by atoms with van der Waals surface area (Å²) < 4.78 is 26.0. The Hall–Kier alpha value is -2.77. The van der Waals surface area contributed by atoms with Gasteiger partial charge in [0.25, 0.3) is 5.91 Å². The van der Waals surface area contributed by atoms with E-state index in [0.717, 1.165) is 0 Å². The van der Waals surface area contributed by atoms with Crippen molar-refractivity contribution in [3.8, 4) is 0 Å². The van der Waals surface area contributed by atoms with Crippen molar-refractivity contribution in [1.29, 1.82) is 0 Å². The van der Waals surface area contributed by atoms with Crippen molar-refractivity contribution in [1.82, 2.24) is 10.3 Å². The second kappa shape index (κ2) is 10.0. The van der Waals surface area contributed by atoms with E-state index in [-0.39, 0.29) is 24.1 Å². The highest BCUT2D eigenvalue weighted by atomic mass is 32.3. The van der Waals surface area contributed by atoms with E-state index >= 15 is 0 Å². The van der Waals surface area contributed by atoms with E-state index in [4.69, 9.17) is 9.57 Å². The number of rotatable bonds is 9. The van der Waals surface area contributed by atoms with Gasteiger partial charge in [-0.2, -0.15) is 0 Å². The summed E-state index contributed by atoms with van der Waals surface area (Å²) in [5.41, 5.74) is 0.455. The second-order valence-corrected chi connectivity index (χ2v) is 10.6. The zero-order valence-corrected chi connectivity index (χ0v) is 19.4. The number of nitrogens with one attached hydrogen (secondary N) is 2. The van der Waals surface area contributed by atoms with Crippen LogP contribution in [0.15, 0.2) is 51.5 Å². The monoisotopic (exact) mass is 492 g/mol. The van der Waals surface area contributed by atoms with Gasteiger partial charge in [-0.3, -0.25) is 24.0 Å². The molecule has 176 valence electrons. The zero-order valence-electron chi connectivity index (χ0n) is 17.8. The number of likely N-dealkylation sites (N-methyl/N-ethyl adjacent to an activating group) is 1. The first-order chi connectivity index (χ1) is 15.9. The molecular weight excluding hydrogens is 468 g/mol. The van der Waals surface area contributed by atoms with Gasteiger partial charge >= 0.3 is 0 Å². The highest BCUT2D eigenvalue weighted by Crippen LogP contribution is 2.61. The number of hydrogen-bond donors (Lipinski definition) is 4. The van der Waals surface area contributed by atoms with Gasteiger partial charge in [-0.1, -0.05) is 23.4 Å². The van der Waals surface area contributed by atoms with Crippen LogP contribution in [0, 0.1) is 0 Å². The average Bonchev–Trinajstić information content (AvgIpc) is 3.39. The molecule has 2 aliphatic rings. The van der Waals surface area contributed by atoms with E-state index in [9.17, 15) is 18.7 Å². The molecule has 0 saturated carbocycles. The molecule has 1 saturated heterocycles. The number of oxime groups is 1. The number of hydrogen-bond acceptors (Lipinski definition) is 9. The Labute approximate surface area is 196 Å². The van der Waals surface area contributed by atoms with Gasteiger partial charge in [-0.05, 0) is 12.1 Å². The molecule has 0 unspecified atom stereocenters. The topological polar surface area (TPSA) is 142 Å². The summed E-state index contributed by atoms with van der Waals surface area (Å²) in [5.74, 6) is -0.696. The largest absolute Gasteiger partial charge is 0.389 e. The van der Waals surface area contributed by atoms with Crippen molar-refractivity contribution in [3.05, 3.63) is 51.9 Å². The second-order valence-electron chi connectivity index (χ2n) is 7.41. The number of aromatic nitrogens is 1. The number of carbonyl (C=O) groups excluding carboxylic acids is 2. The Morgan fingerprint density at radius 3 is 2.73 bits per heavy atom. The first-order valence-corrected chi connectivity index (χ1v) is 12.6. The minimum atomic E-state index is -2.98. The number of anilines is 1. The maximum absolute atomic E-state index is 13.0. The molecule has 0 radical (unpaired) electrons. The lowest BCUT2D eigenvalue weighted by molar-refractivity contribution is -0.119. The molecule has 2 aromatic rings. The third-order valence-electron chi connectivity index (χ3n) is 4.98. The minimum Gasteiger partial charge on any atom is -0.389 e. The van der Waals surface area contributed by atoms with E-state index in [2.05, 4.69) is 20.8 Å². The molecule has 0 bridgehead atoms. The summed E-state index contributed by atoms with van der Waals surface area (Å²) in [6.45, 7) is 0.958. The molecule has 1 aromatic carbocycles. The van der Waals surface area contributed by atoms with E-state index in [1.54, 1.807) is 37.4 Å². The smallest absolute Gasteiger partial charge is 0.280 e. The van der Waals surface area contributed by atoms with Gasteiger partial charge in [-0.15, -0.1) is 21.9 Å². The Balaban J connectivity index is 1.53. The predicted octanol–water partition coefficient (Wildman–Crippen LogP) is 2.98. The van der Waals surface area contributed by atoms with Gasteiger partial charge in [0.2, 0.25) is 5.91 Å².